The second-order valence-corrected chi connectivity index (χ2v) is 4.97. The van der Waals surface area contributed by atoms with Gasteiger partial charge in [0.2, 0.25) is 0 Å². The first-order valence-corrected chi connectivity index (χ1v) is 6.75. The van der Waals surface area contributed by atoms with Gasteiger partial charge in [0, 0.05) is 17.2 Å². The van der Waals surface area contributed by atoms with Gasteiger partial charge in [-0.3, -0.25) is 0 Å². The maximum Gasteiger partial charge on any atom is 0.0585 e. The van der Waals surface area contributed by atoms with E-state index in [1.165, 1.54) is 11.1 Å². The van der Waals surface area contributed by atoms with Gasteiger partial charge >= 0.3 is 0 Å². The Labute approximate surface area is 117 Å². The van der Waals surface area contributed by atoms with Crippen LogP contribution in [0.3, 0.4) is 0 Å². The lowest BCUT2D eigenvalue weighted by molar-refractivity contribution is 0.689. The molecule has 0 radical (unpaired) electrons. The van der Waals surface area contributed by atoms with Crippen LogP contribution in [0.15, 0.2) is 53.0 Å². The zero-order chi connectivity index (χ0) is 13.0. The molecule has 2 N–H and O–H groups in total. The molecule has 0 fully saturated rings. The van der Waals surface area contributed by atoms with Gasteiger partial charge in [0.05, 0.1) is 6.04 Å². The van der Waals surface area contributed by atoms with Crippen LogP contribution in [-0.4, -0.2) is 14.1 Å². The number of hydrogen-bond donors (Lipinski definition) is 2. The van der Waals surface area contributed by atoms with E-state index in [9.17, 15) is 0 Å². The summed E-state index contributed by atoms with van der Waals surface area (Å²) in [6.45, 7) is 0. The summed E-state index contributed by atoms with van der Waals surface area (Å²) in [6.07, 6.45) is 0. The lowest BCUT2D eigenvalue weighted by Crippen LogP contribution is -2.18. The Bertz CT molecular complexity index is 508. The van der Waals surface area contributed by atoms with E-state index in [2.05, 4.69) is 69.0 Å². The number of hydrogen-bond acceptors (Lipinski definition) is 2. The highest BCUT2D eigenvalue weighted by atomic mass is 79.9. The predicted molar refractivity (Wildman–Crippen MR) is 81.0 cm³/mol. The summed E-state index contributed by atoms with van der Waals surface area (Å²) in [6, 6.07) is 17.0. The van der Waals surface area contributed by atoms with Crippen molar-refractivity contribution in [2.75, 3.05) is 19.4 Å². The van der Waals surface area contributed by atoms with Gasteiger partial charge in [-0.1, -0.05) is 46.3 Å². The lowest BCUT2D eigenvalue weighted by atomic mass is 9.99. The summed E-state index contributed by atoms with van der Waals surface area (Å²) in [5.74, 6) is 0. The van der Waals surface area contributed by atoms with Crippen molar-refractivity contribution in [3.05, 3.63) is 64.1 Å². The molecule has 0 aliphatic rings. The number of benzene rings is 2. The number of halogens is 1. The van der Waals surface area contributed by atoms with Crippen LogP contribution >= 0.6 is 15.9 Å². The molecule has 94 valence electrons. The highest BCUT2D eigenvalue weighted by Crippen LogP contribution is 2.28. The number of anilines is 1. The minimum absolute atomic E-state index is 0.200. The molecule has 0 spiro atoms. The molecule has 0 bridgehead atoms. The Balaban J connectivity index is 2.36. The lowest BCUT2D eigenvalue weighted by Gasteiger charge is -2.19. The monoisotopic (exact) mass is 304 g/mol. The van der Waals surface area contributed by atoms with Crippen LogP contribution in [0.4, 0.5) is 5.69 Å². The zero-order valence-electron chi connectivity index (χ0n) is 10.6. The molecule has 0 saturated carbocycles. The van der Waals surface area contributed by atoms with Crippen LogP contribution in [0.5, 0.6) is 0 Å². The number of nitrogens with one attached hydrogen (secondary N) is 2. The van der Waals surface area contributed by atoms with Crippen molar-refractivity contribution in [2.45, 2.75) is 6.04 Å². The maximum absolute atomic E-state index is 3.61. The zero-order valence-corrected chi connectivity index (χ0v) is 12.2. The van der Waals surface area contributed by atoms with Crippen LogP contribution in [0.1, 0.15) is 17.2 Å². The normalized spacial score (nSPS) is 12.2. The molecular formula is C15H17BrN2. The largest absolute Gasteiger partial charge is 0.388 e. The van der Waals surface area contributed by atoms with Crippen molar-refractivity contribution in [1.29, 1.82) is 0 Å². The van der Waals surface area contributed by atoms with E-state index < -0.39 is 0 Å². The second kappa shape index (κ2) is 6.03. The van der Waals surface area contributed by atoms with Crippen LogP contribution < -0.4 is 10.6 Å². The van der Waals surface area contributed by atoms with E-state index in [4.69, 9.17) is 0 Å². The molecule has 0 saturated heterocycles. The summed E-state index contributed by atoms with van der Waals surface area (Å²) in [7, 11) is 3.91. The Morgan fingerprint density at radius 1 is 0.944 bits per heavy atom. The van der Waals surface area contributed by atoms with Gasteiger partial charge in [0.15, 0.2) is 0 Å². The summed E-state index contributed by atoms with van der Waals surface area (Å²) in [5.41, 5.74) is 3.63. The number of rotatable bonds is 4. The molecule has 18 heavy (non-hydrogen) atoms. The molecule has 0 heterocycles. The van der Waals surface area contributed by atoms with Gasteiger partial charge in [-0.25, -0.2) is 0 Å². The minimum atomic E-state index is 0.200. The van der Waals surface area contributed by atoms with Gasteiger partial charge in [0.1, 0.15) is 0 Å². The Morgan fingerprint density at radius 3 is 2.17 bits per heavy atom. The Hall–Kier alpha value is -1.32. The molecule has 0 aromatic heterocycles. The first-order chi connectivity index (χ1) is 8.76. The van der Waals surface area contributed by atoms with E-state index in [1.54, 1.807) is 0 Å². The van der Waals surface area contributed by atoms with E-state index in [-0.39, 0.29) is 6.04 Å². The van der Waals surface area contributed by atoms with Gasteiger partial charge in [0.25, 0.3) is 0 Å². The molecule has 0 aliphatic carbocycles. The Morgan fingerprint density at radius 2 is 1.61 bits per heavy atom. The standard InChI is InChI=1S/C15H17BrN2/c1-17-12-9-7-11(8-10-12)15(18-2)13-5-3-4-6-14(13)16/h3-10,15,17-18H,1-2H3. The fourth-order valence-electron chi connectivity index (χ4n) is 2.05. The first-order valence-electron chi connectivity index (χ1n) is 5.95. The summed E-state index contributed by atoms with van der Waals surface area (Å²) in [5, 5.41) is 6.50. The molecular weight excluding hydrogens is 288 g/mol. The van der Waals surface area contributed by atoms with Crippen LogP contribution in [-0.2, 0) is 0 Å². The molecule has 2 aromatic carbocycles. The highest BCUT2D eigenvalue weighted by Gasteiger charge is 2.14. The average molecular weight is 305 g/mol. The Kier molecular flexibility index (Phi) is 4.39. The topological polar surface area (TPSA) is 24.1 Å². The van der Waals surface area contributed by atoms with Crippen molar-refractivity contribution < 1.29 is 0 Å². The quantitative estimate of drug-likeness (QED) is 0.898. The van der Waals surface area contributed by atoms with Gasteiger partial charge in [-0.15, -0.1) is 0 Å². The van der Waals surface area contributed by atoms with E-state index in [0.717, 1.165) is 10.2 Å². The summed E-state index contributed by atoms with van der Waals surface area (Å²) in [4.78, 5) is 0. The molecule has 2 aromatic rings. The van der Waals surface area contributed by atoms with Crippen LogP contribution in [0.2, 0.25) is 0 Å². The predicted octanol–water partition coefficient (Wildman–Crippen LogP) is 3.80. The van der Waals surface area contributed by atoms with Crippen molar-refractivity contribution in [3.8, 4) is 0 Å². The molecule has 2 nitrogen and oxygen atoms in total. The SMILES string of the molecule is CNc1ccc(C(NC)c2ccccc2Br)cc1. The second-order valence-electron chi connectivity index (χ2n) is 4.12. The van der Waals surface area contributed by atoms with E-state index in [0.29, 0.717) is 0 Å². The average Bonchev–Trinajstić information content (AvgIpc) is 2.42. The van der Waals surface area contributed by atoms with Crippen molar-refractivity contribution in [2.24, 2.45) is 0 Å². The fraction of sp³-hybridized carbons (Fsp3) is 0.200. The fourth-order valence-corrected chi connectivity index (χ4v) is 2.57. The third-order valence-electron chi connectivity index (χ3n) is 3.04. The van der Waals surface area contributed by atoms with Gasteiger partial charge in [-0.2, -0.15) is 0 Å². The molecule has 1 unspecified atom stereocenters. The van der Waals surface area contributed by atoms with Gasteiger partial charge in [-0.05, 0) is 36.4 Å². The van der Waals surface area contributed by atoms with Crippen molar-refractivity contribution >= 4 is 21.6 Å². The molecule has 0 aliphatic heterocycles. The van der Waals surface area contributed by atoms with Crippen molar-refractivity contribution in [1.82, 2.24) is 5.32 Å². The summed E-state index contributed by atoms with van der Waals surface area (Å²) >= 11 is 3.61. The highest BCUT2D eigenvalue weighted by molar-refractivity contribution is 9.10. The van der Waals surface area contributed by atoms with E-state index >= 15 is 0 Å². The molecule has 2 rings (SSSR count). The maximum atomic E-state index is 3.61. The minimum Gasteiger partial charge on any atom is -0.388 e. The van der Waals surface area contributed by atoms with Crippen molar-refractivity contribution in [3.63, 3.8) is 0 Å². The van der Waals surface area contributed by atoms with E-state index in [1.807, 2.05) is 20.2 Å². The molecule has 3 heteroatoms. The third-order valence-corrected chi connectivity index (χ3v) is 3.76. The molecule has 0 amide bonds. The first kappa shape index (κ1) is 13.1. The molecule has 1 atom stereocenters. The van der Waals surface area contributed by atoms with Crippen LogP contribution in [0.25, 0.3) is 0 Å². The summed E-state index contributed by atoms with van der Waals surface area (Å²) < 4.78 is 1.13. The van der Waals surface area contributed by atoms with Gasteiger partial charge < -0.3 is 10.6 Å². The third kappa shape index (κ3) is 2.74. The van der Waals surface area contributed by atoms with Crippen LogP contribution in [0, 0.1) is 0 Å². The smallest absolute Gasteiger partial charge is 0.0585 e.